The zero-order valence-electron chi connectivity index (χ0n) is 12.7. The second-order valence-corrected chi connectivity index (χ2v) is 6.34. The summed E-state index contributed by atoms with van der Waals surface area (Å²) in [5.41, 5.74) is 6.17. The van der Waals surface area contributed by atoms with Gasteiger partial charge in [0.05, 0.1) is 11.4 Å². The van der Waals surface area contributed by atoms with E-state index in [-0.39, 0.29) is 5.56 Å². The molecule has 4 heteroatoms. The first kappa shape index (κ1) is 14.2. The van der Waals surface area contributed by atoms with E-state index in [1.807, 2.05) is 12.1 Å². The Hall–Kier alpha value is -2.39. The zero-order chi connectivity index (χ0) is 16.0. The van der Waals surface area contributed by atoms with Crippen molar-refractivity contribution in [3.8, 4) is 16.9 Å². The highest BCUT2D eigenvalue weighted by Gasteiger charge is 2.19. The third kappa shape index (κ3) is 2.47. The maximum Gasteiger partial charge on any atom is 0.271 e. The summed E-state index contributed by atoms with van der Waals surface area (Å²) >= 11 is 5.93. The molecule has 0 fully saturated rings. The van der Waals surface area contributed by atoms with Crippen molar-refractivity contribution in [1.82, 2.24) is 9.78 Å². The predicted octanol–water partition coefficient (Wildman–Crippen LogP) is 3.96. The average molecular weight is 323 g/mol. The molecule has 1 aliphatic carbocycles. The van der Waals surface area contributed by atoms with Gasteiger partial charge in [0.25, 0.3) is 5.56 Å². The van der Waals surface area contributed by atoms with Crippen LogP contribution in [0.25, 0.3) is 16.9 Å². The molecular weight excluding hydrogens is 308 g/mol. The lowest BCUT2D eigenvalue weighted by atomic mass is 9.88. The fraction of sp³-hybridized carbons (Fsp3) is 0.158. The SMILES string of the molecule is Cc1ccc2c(c1)-c1nn(-c3ccc(Cl)cc3)c(=O)cc1CC2. The summed E-state index contributed by atoms with van der Waals surface area (Å²) in [6.45, 7) is 2.07. The number of nitrogens with zero attached hydrogens (tertiary/aromatic N) is 2. The minimum atomic E-state index is -0.109. The van der Waals surface area contributed by atoms with E-state index >= 15 is 0 Å². The molecule has 0 atom stereocenters. The highest BCUT2D eigenvalue weighted by atomic mass is 35.5. The Morgan fingerprint density at radius 1 is 1.00 bits per heavy atom. The molecule has 3 aromatic rings. The summed E-state index contributed by atoms with van der Waals surface area (Å²) in [7, 11) is 0. The first-order valence-electron chi connectivity index (χ1n) is 7.61. The van der Waals surface area contributed by atoms with Crippen LogP contribution < -0.4 is 5.56 Å². The second-order valence-electron chi connectivity index (χ2n) is 5.91. The van der Waals surface area contributed by atoms with Crippen LogP contribution in [0.1, 0.15) is 16.7 Å². The molecule has 114 valence electrons. The van der Waals surface area contributed by atoms with Gasteiger partial charge in [0, 0.05) is 16.7 Å². The summed E-state index contributed by atoms with van der Waals surface area (Å²) in [6.07, 6.45) is 1.81. The van der Waals surface area contributed by atoms with E-state index in [1.165, 1.54) is 15.8 Å². The van der Waals surface area contributed by atoms with Crippen molar-refractivity contribution in [1.29, 1.82) is 0 Å². The van der Waals surface area contributed by atoms with Gasteiger partial charge in [-0.2, -0.15) is 9.78 Å². The van der Waals surface area contributed by atoms with E-state index < -0.39 is 0 Å². The van der Waals surface area contributed by atoms with Crippen LogP contribution in [-0.2, 0) is 12.8 Å². The molecule has 1 heterocycles. The Kier molecular flexibility index (Phi) is 3.31. The lowest BCUT2D eigenvalue weighted by Crippen LogP contribution is -2.24. The number of fused-ring (bicyclic) bond motifs is 3. The Morgan fingerprint density at radius 2 is 1.74 bits per heavy atom. The molecule has 0 N–H and O–H groups in total. The van der Waals surface area contributed by atoms with Gasteiger partial charge in [-0.05, 0) is 61.2 Å². The number of hydrogen-bond donors (Lipinski definition) is 0. The Bertz CT molecular complexity index is 958. The van der Waals surface area contributed by atoms with Crippen molar-refractivity contribution in [3.05, 3.63) is 80.6 Å². The van der Waals surface area contributed by atoms with Gasteiger partial charge in [0.1, 0.15) is 0 Å². The zero-order valence-corrected chi connectivity index (χ0v) is 13.5. The minimum Gasteiger partial charge on any atom is -0.267 e. The third-order valence-electron chi connectivity index (χ3n) is 4.27. The fourth-order valence-corrected chi connectivity index (χ4v) is 3.20. The van der Waals surface area contributed by atoms with Crippen LogP contribution in [0.5, 0.6) is 0 Å². The number of benzene rings is 2. The van der Waals surface area contributed by atoms with Crippen molar-refractivity contribution >= 4 is 11.6 Å². The summed E-state index contributed by atoms with van der Waals surface area (Å²) in [6, 6.07) is 15.3. The molecule has 1 aromatic heterocycles. The van der Waals surface area contributed by atoms with Crippen molar-refractivity contribution in [2.24, 2.45) is 0 Å². The van der Waals surface area contributed by atoms with E-state index in [4.69, 9.17) is 11.6 Å². The quantitative estimate of drug-likeness (QED) is 0.679. The van der Waals surface area contributed by atoms with E-state index in [9.17, 15) is 4.79 Å². The Labute approximate surface area is 139 Å². The minimum absolute atomic E-state index is 0.109. The monoisotopic (exact) mass is 322 g/mol. The second kappa shape index (κ2) is 5.36. The standard InChI is InChI=1S/C19H15ClN2O/c1-12-2-3-13-4-5-14-11-18(23)22(21-19(14)17(13)10-12)16-8-6-15(20)7-9-16/h2-3,6-11H,4-5H2,1H3. The van der Waals surface area contributed by atoms with Crippen LogP contribution in [0.3, 0.4) is 0 Å². The Balaban J connectivity index is 1.94. The van der Waals surface area contributed by atoms with Crippen molar-refractivity contribution in [2.45, 2.75) is 19.8 Å². The van der Waals surface area contributed by atoms with Crippen molar-refractivity contribution in [3.63, 3.8) is 0 Å². The van der Waals surface area contributed by atoms with Crippen LogP contribution in [-0.4, -0.2) is 9.78 Å². The summed E-state index contributed by atoms with van der Waals surface area (Å²) in [5, 5.41) is 5.30. The summed E-state index contributed by atoms with van der Waals surface area (Å²) in [5.74, 6) is 0. The van der Waals surface area contributed by atoms with Crippen LogP contribution in [0.15, 0.2) is 53.3 Å². The van der Waals surface area contributed by atoms with Gasteiger partial charge in [-0.15, -0.1) is 0 Å². The Morgan fingerprint density at radius 3 is 2.52 bits per heavy atom. The normalized spacial score (nSPS) is 12.6. The summed E-state index contributed by atoms with van der Waals surface area (Å²) in [4.78, 5) is 12.4. The van der Waals surface area contributed by atoms with Gasteiger partial charge in [0.2, 0.25) is 0 Å². The van der Waals surface area contributed by atoms with E-state index in [1.54, 1.807) is 18.2 Å². The molecule has 1 aliphatic rings. The largest absolute Gasteiger partial charge is 0.271 e. The molecule has 3 nitrogen and oxygen atoms in total. The van der Waals surface area contributed by atoms with Crippen molar-refractivity contribution < 1.29 is 0 Å². The smallest absolute Gasteiger partial charge is 0.267 e. The third-order valence-corrected chi connectivity index (χ3v) is 4.52. The van der Waals surface area contributed by atoms with Crippen LogP contribution in [0.2, 0.25) is 5.02 Å². The van der Waals surface area contributed by atoms with Gasteiger partial charge in [0.15, 0.2) is 0 Å². The molecule has 0 saturated heterocycles. The average Bonchev–Trinajstić information content (AvgIpc) is 2.55. The number of halogens is 1. The molecule has 4 rings (SSSR count). The fourth-order valence-electron chi connectivity index (χ4n) is 3.07. The maximum absolute atomic E-state index is 12.4. The van der Waals surface area contributed by atoms with Gasteiger partial charge in [-0.25, -0.2) is 0 Å². The molecule has 0 unspecified atom stereocenters. The highest BCUT2D eigenvalue weighted by Crippen LogP contribution is 2.31. The van der Waals surface area contributed by atoms with E-state index in [0.717, 1.165) is 35.3 Å². The number of hydrogen-bond acceptors (Lipinski definition) is 2. The molecule has 0 bridgehead atoms. The number of aromatic nitrogens is 2. The van der Waals surface area contributed by atoms with Crippen LogP contribution in [0.4, 0.5) is 0 Å². The van der Waals surface area contributed by atoms with E-state index in [2.05, 4.69) is 30.2 Å². The molecule has 0 spiro atoms. The predicted molar refractivity (Wildman–Crippen MR) is 92.4 cm³/mol. The molecule has 23 heavy (non-hydrogen) atoms. The molecule has 0 radical (unpaired) electrons. The number of aryl methyl sites for hydroxylation is 3. The highest BCUT2D eigenvalue weighted by molar-refractivity contribution is 6.30. The molecule has 2 aromatic carbocycles. The molecule has 0 saturated carbocycles. The number of rotatable bonds is 1. The molecular formula is C19H15ClN2O. The first-order valence-corrected chi connectivity index (χ1v) is 7.99. The van der Waals surface area contributed by atoms with Gasteiger partial charge in [-0.1, -0.05) is 29.3 Å². The lowest BCUT2D eigenvalue weighted by molar-refractivity contribution is 0.783. The van der Waals surface area contributed by atoms with Gasteiger partial charge in [-0.3, -0.25) is 4.79 Å². The molecule has 0 amide bonds. The first-order chi connectivity index (χ1) is 11.1. The molecule has 0 aliphatic heterocycles. The van der Waals surface area contributed by atoms with Crippen LogP contribution in [0, 0.1) is 6.92 Å². The van der Waals surface area contributed by atoms with Crippen molar-refractivity contribution in [2.75, 3.05) is 0 Å². The van der Waals surface area contributed by atoms with E-state index in [0.29, 0.717) is 5.02 Å². The summed E-state index contributed by atoms with van der Waals surface area (Å²) < 4.78 is 1.45. The van der Waals surface area contributed by atoms with Gasteiger partial charge < -0.3 is 0 Å². The topological polar surface area (TPSA) is 34.9 Å². The van der Waals surface area contributed by atoms with Gasteiger partial charge >= 0.3 is 0 Å². The maximum atomic E-state index is 12.4. The lowest BCUT2D eigenvalue weighted by Gasteiger charge is -2.20. The van der Waals surface area contributed by atoms with Crippen LogP contribution >= 0.6 is 11.6 Å².